The van der Waals surface area contributed by atoms with Gasteiger partial charge in [-0.2, -0.15) is 0 Å². The largest absolute Gasteiger partial charge is 0.472 e. The van der Waals surface area contributed by atoms with E-state index in [0.29, 0.717) is 19.3 Å². The molecule has 0 saturated carbocycles. The third-order valence-corrected chi connectivity index (χ3v) is 9.25. The number of carbonyl (C=O) groups is 2. The van der Waals surface area contributed by atoms with Gasteiger partial charge in [0.25, 0.3) is 0 Å². The molecule has 2 unspecified atom stereocenters. The number of hydrogen-bond acceptors (Lipinski definition) is 7. The summed E-state index contributed by atoms with van der Waals surface area (Å²) in [6.07, 6.45) is 65.1. The maximum absolute atomic E-state index is 12.1. The molecule has 0 rings (SSSR count). The Balaban J connectivity index is 3.81. The highest BCUT2D eigenvalue weighted by Gasteiger charge is 2.23. The van der Waals surface area contributed by atoms with Gasteiger partial charge in [0.1, 0.15) is 12.7 Å². The van der Waals surface area contributed by atoms with E-state index in [2.05, 4.69) is 159 Å². The van der Waals surface area contributed by atoms with E-state index in [1.165, 1.54) is 0 Å². The molecule has 0 aliphatic rings. The predicted molar refractivity (Wildman–Crippen MR) is 256 cm³/mol. The van der Waals surface area contributed by atoms with E-state index in [1.54, 1.807) is 0 Å². The molecule has 2 atom stereocenters. The van der Waals surface area contributed by atoms with E-state index in [9.17, 15) is 24.2 Å². The Morgan fingerprint density at radius 3 is 1.23 bits per heavy atom. The Bertz CT molecular complexity index is 1490. The van der Waals surface area contributed by atoms with Gasteiger partial charge in [0.15, 0.2) is 0 Å². The van der Waals surface area contributed by atoms with Crippen molar-refractivity contribution in [3.8, 4) is 0 Å². The van der Waals surface area contributed by atoms with Gasteiger partial charge in [0.2, 0.25) is 5.91 Å². The van der Waals surface area contributed by atoms with Crippen LogP contribution in [0.3, 0.4) is 0 Å². The molecule has 0 spiro atoms. The Hall–Kier alpha value is -4.11. The summed E-state index contributed by atoms with van der Waals surface area (Å²) >= 11 is 0. The molecular formula is C51H78NO8P. The Kier molecular flexibility index (Phi) is 42.4. The monoisotopic (exact) mass is 864 g/mol. The molecule has 340 valence electrons. The number of hydrogen-bond donors (Lipinski definition) is 3. The molecule has 0 radical (unpaired) electrons. The standard InChI is InChI=1S/C51H78NO8P/c1-3-5-7-9-11-13-15-17-19-21-22-23-24-25-26-28-30-32-34-36-38-40-42-44-51(55)58-47-49(53)48-60-61(56,57)59-46-45-52-50(54)43-41-39-37-35-33-31-29-27-20-18-16-14-12-10-8-6-4-2/h5-8,11-14,17-20,22-23,25-26,29-32,35-38,49,53H,3-4,9-10,15-16,21,24,27-28,33-34,39-48H2,1-2H3,(H,52,54)(H,56,57)/b7-5-,8-6-,13-11-,14-12-,19-17-,20-18-,23-22-,26-25-,31-29-,32-30-,37-35-,38-36-. The summed E-state index contributed by atoms with van der Waals surface area (Å²) in [6, 6.07) is 0. The van der Waals surface area contributed by atoms with Crippen LogP contribution < -0.4 is 5.32 Å². The molecule has 61 heavy (non-hydrogen) atoms. The lowest BCUT2D eigenvalue weighted by Gasteiger charge is -2.15. The van der Waals surface area contributed by atoms with E-state index in [0.717, 1.165) is 89.9 Å². The van der Waals surface area contributed by atoms with E-state index in [1.807, 2.05) is 6.08 Å². The van der Waals surface area contributed by atoms with Crippen LogP contribution in [0.5, 0.6) is 0 Å². The molecule has 10 heteroatoms. The molecule has 0 bridgehead atoms. The highest BCUT2D eigenvalue weighted by atomic mass is 31.2. The van der Waals surface area contributed by atoms with Crippen LogP contribution >= 0.6 is 7.82 Å². The van der Waals surface area contributed by atoms with E-state index in [-0.39, 0.29) is 32.1 Å². The number of carbonyl (C=O) groups excluding carboxylic acids is 2. The van der Waals surface area contributed by atoms with Crippen molar-refractivity contribution in [1.29, 1.82) is 0 Å². The van der Waals surface area contributed by atoms with Gasteiger partial charge < -0.3 is 20.1 Å². The summed E-state index contributed by atoms with van der Waals surface area (Å²) in [7, 11) is -4.46. The average Bonchev–Trinajstić information content (AvgIpc) is 3.25. The highest BCUT2D eigenvalue weighted by molar-refractivity contribution is 7.47. The van der Waals surface area contributed by atoms with Gasteiger partial charge in [-0.25, -0.2) is 4.57 Å². The first-order valence-electron chi connectivity index (χ1n) is 22.3. The zero-order valence-electron chi connectivity index (χ0n) is 37.3. The van der Waals surface area contributed by atoms with Crippen molar-refractivity contribution in [1.82, 2.24) is 5.32 Å². The number of ether oxygens (including phenoxy) is 1. The number of allylic oxidation sites excluding steroid dienone is 24. The number of phosphoric acid groups is 1. The fourth-order valence-electron chi connectivity index (χ4n) is 4.99. The SMILES string of the molecule is CC/C=C\C/C=C\C/C=C\C/C=C\C/C=C\C/C=C\C/C=C\CCCC(=O)OCC(O)COP(=O)(O)OCCNC(=O)CCC/C=C\C/C=C\C/C=C\C/C=C\C/C=C\CC. The third kappa shape index (κ3) is 46.8. The van der Waals surface area contributed by atoms with Crippen molar-refractivity contribution in [2.24, 2.45) is 0 Å². The molecule has 0 aliphatic carbocycles. The first-order chi connectivity index (χ1) is 29.8. The molecule has 0 aliphatic heterocycles. The Morgan fingerprint density at radius 2 is 0.852 bits per heavy atom. The van der Waals surface area contributed by atoms with Crippen molar-refractivity contribution in [3.05, 3.63) is 146 Å². The fourth-order valence-corrected chi connectivity index (χ4v) is 5.75. The average molecular weight is 864 g/mol. The lowest BCUT2D eigenvalue weighted by Crippen LogP contribution is -2.27. The molecule has 0 aromatic rings. The molecule has 0 heterocycles. The Labute approximate surface area is 369 Å². The van der Waals surface area contributed by atoms with Gasteiger partial charge in [-0.3, -0.25) is 18.6 Å². The normalized spacial score (nSPS) is 14.6. The van der Waals surface area contributed by atoms with Crippen molar-refractivity contribution >= 4 is 19.7 Å². The van der Waals surface area contributed by atoms with Crippen molar-refractivity contribution in [3.63, 3.8) is 0 Å². The van der Waals surface area contributed by atoms with Crippen LogP contribution in [0.4, 0.5) is 0 Å². The lowest BCUT2D eigenvalue weighted by atomic mass is 10.2. The number of aliphatic hydroxyl groups excluding tert-OH is 1. The highest BCUT2D eigenvalue weighted by Crippen LogP contribution is 2.42. The number of aliphatic hydroxyl groups is 1. The van der Waals surface area contributed by atoms with Crippen LogP contribution in [0, 0.1) is 0 Å². The number of amides is 1. The second kappa shape index (κ2) is 45.4. The van der Waals surface area contributed by atoms with Crippen LogP contribution in [0.25, 0.3) is 0 Å². The van der Waals surface area contributed by atoms with Crippen LogP contribution in [-0.2, 0) is 27.9 Å². The summed E-state index contributed by atoms with van der Waals surface area (Å²) in [5.74, 6) is -0.653. The number of esters is 1. The van der Waals surface area contributed by atoms with E-state index < -0.39 is 26.5 Å². The fraction of sp³-hybridized carbons (Fsp3) is 0.490. The molecule has 3 N–H and O–H groups in total. The first-order valence-corrected chi connectivity index (χ1v) is 23.8. The summed E-state index contributed by atoms with van der Waals surface area (Å²) < 4.78 is 26.8. The zero-order valence-corrected chi connectivity index (χ0v) is 38.2. The summed E-state index contributed by atoms with van der Waals surface area (Å²) in [5.41, 5.74) is 0. The summed E-state index contributed by atoms with van der Waals surface area (Å²) in [5, 5.41) is 12.7. The van der Waals surface area contributed by atoms with Crippen molar-refractivity contribution in [2.45, 2.75) is 136 Å². The van der Waals surface area contributed by atoms with Crippen molar-refractivity contribution < 1.29 is 37.9 Å². The molecule has 1 amide bonds. The third-order valence-electron chi connectivity index (χ3n) is 8.26. The number of unbranched alkanes of at least 4 members (excludes halogenated alkanes) is 2. The van der Waals surface area contributed by atoms with Crippen LogP contribution in [0.1, 0.15) is 129 Å². The molecule has 0 aromatic carbocycles. The topological polar surface area (TPSA) is 131 Å². The maximum Gasteiger partial charge on any atom is 0.472 e. The minimum absolute atomic E-state index is 0.0340. The van der Waals surface area contributed by atoms with Crippen LogP contribution in [-0.4, -0.2) is 54.3 Å². The number of rotatable bonds is 39. The lowest BCUT2D eigenvalue weighted by molar-refractivity contribution is -0.147. The minimum atomic E-state index is -4.46. The van der Waals surface area contributed by atoms with Gasteiger partial charge in [-0.1, -0.05) is 160 Å². The smallest absolute Gasteiger partial charge is 0.463 e. The molecule has 0 fully saturated rings. The maximum atomic E-state index is 12.1. The molecule has 9 nitrogen and oxygen atoms in total. The Morgan fingerprint density at radius 1 is 0.508 bits per heavy atom. The molecule has 0 saturated heterocycles. The van der Waals surface area contributed by atoms with Crippen molar-refractivity contribution in [2.75, 3.05) is 26.4 Å². The van der Waals surface area contributed by atoms with E-state index >= 15 is 0 Å². The second-order valence-electron chi connectivity index (χ2n) is 13.9. The molecule has 0 aromatic heterocycles. The second-order valence-corrected chi connectivity index (χ2v) is 15.4. The van der Waals surface area contributed by atoms with Gasteiger partial charge in [0, 0.05) is 19.4 Å². The summed E-state index contributed by atoms with van der Waals surface area (Å²) in [4.78, 5) is 33.9. The zero-order chi connectivity index (χ0) is 44.6. The van der Waals surface area contributed by atoms with E-state index in [4.69, 9.17) is 13.8 Å². The van der Waals surface area contributed by atoms with Gasteiger partial charge in [-0.05, 0) is 103 Å². The molecular weight excluding hydrogens is 786 g/mol. The predicted octanol–water partition coefficient (Wildman–Crippen LogP) is 12.9. The van der Waals surface area contributed by atoms with Crippen LogP contribution in [0.15, 0.2) is 146 Å². The van der Waals surface area contributed by atoms with Gasteiger partial charge >= 0.3 is 13.8 Å². The number of phosphoric ester groups is 1. The summed E-state index contributed by atoms with van der Waals surface area (Å²) in [6.45, 7) is 3.15. The number of nitrogens with one attached hydrogen (secondary N) is 1. The van der Waals surface area contributed by atoms with Crippen LogP contribution in [0.2, 0.25) is 0 Å². The van der Waals surface area contributed by atoms with Gasteiger partial charge in [0.05, 0.1) is 13.2 Å². The first kappa shape index (κ1) is 56.9. The quantitative estimate of drug-likeness (QED) is 0.0241. The van der Waals surface area contributed by atoms with Gasteiger partial charge in [-0.15, -0.1) is 0 Å². The minimum Gasteiger partial charge on any atom is -0.463 e.